The zero-order chi connectivity index (χ0) is 15.2. The summed E-state index contributed by atoms with van der Waals surface area (Å²) in [6.07, 6.45) is 7.09. The van der Waals surface area contributed by atoms with Gasteiger partial charge in [0.2, 0.25) is 0 Å². The molecule has 0 saturated heterocycles. The monoisotopic (exact) mass is 289 g/mol. The quantitative estimate of drug-likeness (QED) is 0.893. The SMILES string of the molecule is CC1CCC(C(C)C)C(NC(=O)NCc2cccnc2)C1. The zero-order valence-corrected chi connectivity index (χ0v) is 13.3. The predicted molar refractivity (Wildman–Crippen MR) is 84.7 cm³/mol. The normalized spacial score (nSPS) is 25.6. The molecule has 1 aliphatic carbocycles. The highest BCUT2D eigenvalue weighted by atomic mass is 16.2. The Kier molecular flexibility index (Phi) is 5.59. The Labute approximate surface area is 127 Å². The van der Waals surface area contributed by atoms with Gasteiger partial charge in [-0.05, 0) is 42.2 Å². The maximum Gasteiger partial charge on any atom is 0.315 e. The molecule has 0 radical (unpaired) electrons. The predicted octanol–water partition coefficient (Wildman–Crippen LogP) is 3.34. The molecule has 0 aromatic carbocycles. The van der Waals surface area contributed by atoms with E-state index in [-0.39, 0.29) is 6.03 Å². The van der Waals surface area contributed by atoms with Gasteiger partial charge in [0.25, 0.3) is 0 Å². The van der Waals surface area contributed by atoms with Gasteiger partial charge < -0.3 is 10.6 Å². The van der Waals surface area contributed by atoms with E-state index in [0.29, 0.717) is 30.3 Å². The largest absolute Gasteiger partial charge is 0.335 e. The van der Waals surface area contributed by atoms with Crippen molar-refractivity contribution in [1.82, 2.24) is 15.6 Å². The van der Waals surface area contributed by atoms with Crippen molar-refractivity contribution in [2.45, 2.75) is 52.6 Å². The molecule has 1 aromatic rings. The van der Waals surface area contributed by atoms with E-state index in [1.54, 1.807) is 12.4 Å². The minimum atomic E-state index is -0.0661. The Morgan fingerprint density at radius 1 is 1.43 bits per heavy atom. The Balaban J connectivity index is 1.85. The van der Waals surface area contributed by atoms with Crippen LogP contribution in [0.4, 0.5) is 4.79 Å². The van der Waals surface area contributed by atoms with Crippen LogP contribution in [-0.4, -0.2) is 17.1 Å². The molecular formula is C17H27N3O. The molecule has 1 fully saturated rings. The number of urea groups is 1. The first-order chi connectivity index (χ1) is 10.1. The Morgan fingerprint density at radius 2 is 2.24 bits per heavy atom. The summed E-state index contributed by atoms with van der Waals surface area (Å²) in [5.41, 5.74) is 1.02. The van der Waals surface area contributed by atoms with Crippen LogP contribution in [0.3, 0.4) is 0 Å². The second kappa shape index (κ2) is 7.43. The second-order valence-corrected chi connectivity index (χ2v) is 6.62. The molecule has 2 N–H and O–H groups in total. The summed E-state index contributed by atoms with van der Waals surface area (Å²) in [5, 5.41) is 6.11. The Morgan fingerprint density at radius 3 is 2.90 bits per heavy atom. The third-order valence-corrected chi connectivity index (χ3v) is 4.51. The minimum Gasteiger partial charge on any atom is -0.335 e. The van der Waals surface area contributed by atoms with Gasteiger partial charge >= 0.3 is 6.03 Å². The maximum absolute atomic E-state index is 12.1. The summed E-state index contributed by atoms with van der Waals surface area (Å²) in [7, 11) is 0. The maximum atomic E-state index is 12.1. The molecule has 4 heteroatoms. The standard InChI is InChI=1S/C17H27N3O/c1-12(2)15-7-6-13(3)9-16(15)20-17(21)19-11-14-5-4-8-18-10-14/h4-5,8,10,12-13,15-16H,6-7,9,11H2,1-3H3,(H2,19,20,21). The van der Waals surface area contributed by atoms with Gasteiger partial charge in [-0.3, -0.25) is 4.98 Å². The second-order valence-electron chi connectivity index (χ2n) is 6.62. The lowest BCUT2D eigenvalue weighted by molar-refractivity contribution is 0.168. The number of carbonyl (C=O) groups excluding carboxylic acids is 1. The topological polar surface area (TPSA) is 54.0 Å². The lowest BCUT2D eigenvalue weighted by Crippen LogP contribution is -2.49. The number of pyridine rings is 1. The minimum absolute atomic E-state index is 0.0661. The van der Waals surface area contributed by atoms with Crippen LogP contribution in [0.2, 0.25) is 0 Å². The average Bonchev–Trinajstić information content (AvgIpc) is 2.46. The van der Waals surface area contributed by atoms with Crippen LogP contribution < -0.4 is 10.6 Å². The number of rotatable bonds is 4. The van der Waals surface area contributed by atoms with Gasteiger partial charge in [0.15, 0.2) is 0 Å². The van der Waals surface area contributed by atoms with E-state index in [2.05, 4.69) is 36.4 Å². The van der Waals surface area contributed by atoms with E-state index in [1.165, 1.54) is 12.8 Å². The molecule has 0 bridgehead atoms. The van der Waals surface area contributed by atoms with Crippen LogP contribution in [0.15, 0.2) is 24.5 Å². The van der Waals surface area contributed by atoms with Gasteiger partial charge in [-0.15, -0.1) is 0 Å². The van der Waals surface area contributed by atoms with Crippen LogP contribution in [-0.2, 0) is 6.54 Å². The lowest BCUT2D eigenvalue weighted by atomic mass is 9.74. The molecule has 0 spiro atoms. The van der Waals surface area contributed by atoms with Crippen molar-refractivity contribution in [3.05, 3.63) is 30.1 Å². The van der Waals surface area contributed by atoms with Gasteiger partial charge in [-0.1, -0.05) is 33.3 Å². The number of amides is 2. The van der Waals surface area contributed by atoms with Crippen LogP contribution >= 0.6 is 0 Å². The first kappa shape index (κ1) is 15.8. The van der Waals surface area contributed by atoms with E-state index in [9.17, 15) is 4.79 Å². The molecule has 1 aliphatic rings. The highest BCUT2D eigenvalue weighted by molar-refractivity contribution is 5.74. The molecule has 116 valence electrons. The fourth-order valence-corrected chi connectivity index (χ4v) is 3.27. The summed E-state index contributed by atoms with van der Waals surface area (Å²) in [6.45, 7) is 7.30. The highest BCUT2D eigenvalue weighted by Gasteiger charge is 2.31. The molecule has 3 atom stereocenters. The lowest BCUT2D eigenvalue weighted by Gasteiger charge is -2.37. The summed E-state index contributed by atoms with van der Waals surface area (Å²) < 4.78 is 0. The van der Waals surface area contributed by atoms with Crippen LogP contribution in [0.5, 0.6) is 0 Å². The van der Waals surface area contributed by atoms with E-state index in [0.717, 1.165) is 12.0 Å². The van der Waals surface area contributed by atoms with Gasteiger partial charge in [0.05, 0.1) is 0 Å². The Hall–Kier alpha value is -1.58. The molecule has 1 aromatic heterocycles. The fourth-order valence-electron chi connectivity index (χ4n) is 3.27. The van der Waals surface area contributed by atoms with Crippen molar-refractivity contribution < 1.29 is 4.79 Å². The first-order valence-electron chi connectivity index (χ1n) is 7.99. The van der Waals surface area contributed by atoms with Gasteiger partial charge in [-0.2, -0.15) is 0 Å². The Bertz CT molecular complexity index is 447. The van der Waals surface area contributed by atoms with E-state index in [1.807, 2.05) is 12.1 Å². The van der Waals surface area contributed by atoms with Gasteiger partial charge in [0.1, 0.15) is 0 Å². The molecule has 2 amide bonds. The van der Waals surface area contributed by atoms with E-state index < -0.39 is 0 Å². The van der Waals surface area contributed by atoms with Crippen molar-refractivity contribution in [3.8, 4) is 0 Å². The molecule has 2 rings (SSSR count). The molecule has 3 unspecified atom stereocenters. The molecule has 1 heterocycles. The summed E-state index contributed by atoms with van der Waals surface area (Å²) >= 11 is 0. The molecular weight excluding hydrogens is 262 g/mol. The zero-order valence-electron chi connectivity index (χ0n) is 13.3. The third-order valence-electron chi connectivity index (χ3n) is 4.51. The number of carbonyl (C=O) groups is 1. The molecule has 1 saturated carbocycles. The number of nitrogens with one attached hydrogen (secondary N) is 2. The summed E-state index contributed by atoms with van der Waals surface area (Å²) in [6, 6.07) is 4.07. The summed E-state index contributed by atoms with van der Waals surface area (Å²) in [4.78, 5) is 16.2. The third kappa shape index (κ3) is 4.73. The average molecular weight is 289 g/mol. The molecule has 4 nitrogen and oxygen atoms in total. The summed E-state index contributed by atoms with van der Waals surface area (Å²) in [5.74, 6) is 1.90. The van der Waals surface area contributed by atoms with E-state index in [4.69, 9.17) is 0 Å². The molecule has 0 aliphatic heterocycles. The fraction of sp³-hybridized carbons (Fsp3) is 0.647. The van der Waals surface area contributed by atoms with Crippen molar-refractivity contribution in [2.24, 2.45) is 17.8 Å². The smallest absolute Gasteiger partial charge is 0.315 e. The number of aromatic nitrogens is 1. The van der Waals surface area contributed by atoms with Crippen molar-refractivity contribution in [1.29, 1.82) is 0 Å². The number of hydrogen-bond acceptors (Lipinski definition) is 2. The van der Waals surface area contributed by atoms with Crippen molar-refractivity contribution in [2.75, 3.05) is 0 Å². The van der Waals surface area contributed by atoms with Crippen LogP contribution in [0, 0.1) is 17.8 Å². The van der Waals surface area contributed by atoms with Gasteiger partial charge in [-0.25, -0.2) is 4.79 Å². The number of hydrogen-bond donors (Lipinski definition) is 2. The van der Waals surface area contributed by atoms with Crippen molar-refractivity contribution >= 4 is 6.03 Å². The van der Waals surface area contributed by atoms with Crippen molar-refractivity contribution in [3.63, 3.8) is 0 Å². The molecule has 21 heavy (non-hydrogen) atoms. The number of nitrogens with zero attached hydrogens (tertiary/aromatic N) is 1. The van der Waals surface area contributed by atoms with Crippen LogP contribution in [0.25, 0.3) is 0 Å². The highest BCUT2D eigenvalue weighted by Crippen LogP contribution is 2.33. The first-order valence-corrected chi connectivity index (χ1v) is 7.99. The van der Waals surface area contributed by atoms with Crippen LogP contribution in [0.1, 0.15) is 45.6 Å². The van der Waals surface area contributed by atoms with E-state index >= 15 is 0 Å². The van der Waals surface area contributed by atoms with Gasteiger partial charge in [0, 0.05) is 25.0 Å².